The van der Waals surface area contributed by atoms with E-state index in [4.69, 9.17) is 5.73 Å². The number of benzene rings is 2. The average Bonchev–Trinajstić information content (AvgIpc) is 3.05. The first kappa shape index (κ1) is 21.6. The first-order valence-corrected chi connectivity index (χ1v) is 10.0. The zero-order chi connectivity index (χ0) is 23.7. The van der Waals surface area contributed by atoms with E-state index in [-0.39, 0.29) is 16.8 Å². The molecule has 0 radical (unpaired) electrons. The lowest BCUT2D eigenvalue weighted by atomic mass is 10.1. The van der Waals surface area contributed by atoms with Crippen molar-refractivity contribution in [3.8, 4) is 6.07 Å². The summed E-state index contributed by atoms with van der Waals surface area (Å²) in [6, 6.07) is 14.4. The molecule has 0 unspecified atom stereocenters. The molecule has 0 saturated heterocycles. The molecule has 0 saturated carbocycles. The molecule has 164 valence electrons. The highest BCUT2D eigenvalue weighted by Gasteiger charge is 2.19. The fourth-order valence-corrected chi connectivity index (χ4v) is 3.66. The summed E-state index contributed by atoms with van der Waals surface area (Å²) in [6.07, 6.45) is 0. The minimum absolute atomic E-state index is 0.0717. The predicted molar refractivity (Wildman–Crippen MR) is 120 cm³/mol. The number of aryl methyl sites for hydroxylation is 1. The van der Waals surface area contributed by atoms with Crippen LogP contribution < -0.4 is 11.1 Å². The molecule has 8 nitrogen and oxygen atoms in total. The Morgan fingerprint density at radius 1 is 1.18 bits per heavy atom. The van der Waals surface area contributed by atoms with E-state index in [1.54, 1.807) is 30.7 Å². The van der Waals surface area contributed by atoms with Crippen molar-refractivity contribution in [3.05, 3.63) is 88.1 Å². The molecule has 0 bridgehead atoms. The van der Waals surface area contributed by atoms with Gasteiger partial charge in [0.15, 0.2) is 0 Å². The van der Waals surface area contributed by atoms with E-state index >= 15 is 0 Å². The Morgan fingerprint density at radius 2 is 1.94 bits per heavy atom. The number of nitrogens with zero attached hydrogens (tertiary/aromatic N) is 4. The van der Waals surface area contributed by atoms with E-state index in [9.17, 15) is 19.2 Å². The van der Waals surface area contributed by atoms with Crippen LogP contribution in [0.2, 0.25) is 0 Å². The molecule has 4 aromatic rings. The van der Waals surface area contributed by atoms with Gasteiger partial charge in [0.25, 0.3) is 5.91 Å². The lowest BCUT2D eigenvalue weighted by molar-refractivity contribution is 0.100. The monoisotopic (exact) mass is 442 g/mol. The predicted octanol–water partition coefficient (Wildman–Crippen LogP) is 3.46. The molecule has 9 heteroatoms. The van der Waals surface area contributed by atoms with E-state index in [2.05, 4.69) is 21.5 Å². The number of hydrogen-bond acceptors (Lipinski definition) is 5. The van der Waals surface area contributed by atoms with Crippen LogP contribution in [-0.4, -0.2) is 26.6 Å². The number of nitriles is 1. The summed E-state index contributed by atoms with van der Waals surface area (Å²) >= 11 is 0. The Bertz CT molecular complexity index is 1470. The number of carbonyl (C=O) groups excluding carboxylic acids is 2. The van der Waals surface area contributed by atoms with Gasteiger partial charge in [0.2, 0.25) is 5.91 Å². The van der Waals surface area contributed by atoms with Crippen molar-refractivity contribution in [2.24, 2.45) is 5.73 Å². The Kier molecular flexibility index (Phi) is 5.58. The van der Waals surface area contributed by atoms with Crippen molar-refractivity contribution in [2.45, 2.75) is 20.4 Å². The molecule has 0 aliphatic rings. The Hall–Kier alpha value is -4.58. The molecule has 0 aliphatic carbocycles. The molecule has 2 amide bonds. The number of nitrogens with one attached hydrogen (secondary N) is 1. The fraction of sp³-hybridized carbons (Fsp3) is 0.125. The van der Waals surface area contributed by atoms with Gasteiger partial charge < -0.3 is 11.1 Å². The average molecular weight is 442 g/mol. The van der Waals surface area contributed by atoms with E-state index in [1.807, 2.05) is 12.1 Å². The minimum Gasteiger partial charge on any atom is -0.366 e. The van der Waals surface area contributed by atoms with Crippen LogP contribution in [0, 0.1) is 31.0 Å². The van der Waals surface area contributed by atoms with Gasteiger partial charge in [-0.15, -0.1) is 0 Å². The summed E-state index contributed by atoms with van der Waals surface area (Å²) in [4.78, 5) is 29.1. The van der Waals surface area contributed by atoms with E-state index in [1.165, 1.54) is 18.2 Å². The fourth-order valence-electron chi connectivity index (χ4n) is 3.66. The summed E-state index contributed by atoms with van der Waals surface area (Å²) in [5.74, 6) is -1.89. The van der Waals surface area contributed by atoms with Gasteiger partial charge in [-0.3, -0.25) is 14.3 Å². The van der Waals surface area contributed by atoms with Crippen LogP contribution in [0.5, 0.6) is 0 Å². The number of anilines is 1. The third kappa shape index (κ3) is 4.14. The van der Waals surface area contributed by atoms with E-state index in [0.29, 0.717) is 34.6 Å². The van der Waals surface area contributed by atoms with Crippen LogP contribution in [0.3, 0.4) is 0 Å². The molecular formula is C24H19FN6O2. The maximum atomic E-state index is 13.7. The largest absolute Gasteiger partial charge is 0.366 e. The van der Waals surface area contributed by atoms with Crippen molar-refractivity contribution in [1.29, 1.82) is 5.26 Å². The summed E-state index contributed by atoms with van der Waals surface area (Å²) < 4.78 is 15.4. The summed E-state index contributed by atoms with van der Waals surface area (Å²) in [5.41, 5.74) is 8.67. The minimum atomic E-state index is -0.751. The zero-order valence-corrected chi connectivity index (χ0v) is 17.9. The van der Waals surface area contributed by atoms with E-state index < -0.39 is 17.6 Å². The number of amides is 2. The van der Waals surface area contributed by atoms with Gasteiger partial charge in [-0.1, -0.05) is 18.2 Å². The lowest BCUT2D eigenvalue weighted by Gasteiger charge is -2.10. The number of fused-ring (bicyclic) bond motifs is 1. The number of primary amides is 1. The molecule has 4 rings (SSSR count). The highest BCUT2D eigenvalue weighted by molar-refractivity contribution is 6.10. The normalized spacial score (nSPS) is 10.7. The second-order valence-electron chi connectivity index (χ2n) is 7.51. The van der Waals surface area contributed by atoms with Crippen molar-refractivity contribution in [1.82, 2.24) is 14.8 Å². The van der Waals surface area contributed by atoms with Gasteiger partial charge in [0, 0.05) is 11.5 Å². The standard InChI is InChI=1S/C24H19FN6O2/c1-13-22(14(2)31(30-13)12-16-6-4-3-5-15(16)11-26)29-24(33)21-10-19(23(27)32)18-8-7-17(25)9-20(18)28-21/h3-10H,12H2,1-2H3,(H2,27,32)(H,29,33). The second kappa shape index (κ2) is 8.51. The third-order valence-corrected chi connectivity index (χ3v) is 5.35. The molecule has 0 atom stereocenters. The molecule has 2 aromatic heterocycles. The van der Waals surface area contributed by atoms with Crippen LogP contribution in [0.15, 0.2) is 48.5 Å². The van der Waals surface area contributed by atoms with Crippen molar-refractivity contribution < 1.29 is 14.0 Å². The molecule has 2 heterocycles. The van der Waals surface area contributed by atoms with Gasteiger partial charge in [-0.2, -0.15) is 10.4 Å². The Morgan fingerprint density at radius 3 is 2.67 bits per heavy atom. The van der Waals surface area contributed by atoms with Crippen molar-refractivity contribution in [3.63, 3.8) is 0 Å². The van der Waals surface area contributed by atoms with Crippen LogP contribution in [0.25, 0.3) is 10.9 Å². The summed E-state index contributed by atoms with van der Waals surface area (Å²) in [5, 5.41) is 16.9. The zero-order valence-electron chi connectivity index (χ0n) is 17.9. The molecule has 2 aromatic carbocycles. The molecule has 0 aliphatic heterocycles. The van der Waals surface area contributed by atoms with Gasteiger partial charge in [0.05, 0.1) is 46.3 Å². The number of rotatable bonds is 5. The van der Waals surface area contributed by atoms with Crippen molar-refractivity contribution in [2.75, 3.05) is 5.32 Å². The highest BCUT2D eigenvalue weighted by Crippen LogP contribution is 2.24. The van der Waals surface area contributed by atoms with Gasteiger partial charge in [-0.25, -0.2) is 9.37 Å². The number of pyridine rings is 1. The third-order valence-electron chi connectivity index (χ3n) is 5.35. The summed E-state index contributed by atoms with van der Waals surface area (Å²) in [7, 11) is 0. The maximum absolute atomic E-state index is 13.7. The number of hydrogen-bond donors (Lipinski definition) is 2. The molecule has 3 N–H and O–H groups in total. The van der Waals surface area contributed by atoms with Gasteiger partial charge in [-0.05, 0) is 43.7 Å². The maximum Gasteiger partial charge on any atom is 0.274 e. The number of nitrogens with two attached hydrogens (primary N) is 1. The van der Waals surface area contributed by atoms with Gasteiger partial charge >= 0.3 is 0 Å². The first-order chi connectivity index (χ1) is 15.8. The topological polar surface area (TPSA) is 127 Å². The number of carbonyl (C=O) groups is 2. The van der Waals surface area contributed by atoms with E-state index in [0.717, 1.165) is 11.6 Å². The number of halogens is 1. The SMILES string of the molecule is Cc1nn(Cc2ccccc2C#N)c(C)c1NC(=O)c1cc(C(N)=O)c2ccc(F)cc2n1. The van der Waals surface area contributed by atoms with Crippen LogP contribution in [-0.2, 0) is 6.54 Å². The Labute approximate surface area is 188 Å². The second-order valence-corrected chi connectivity index (χ2v) is 7.51. The smallest absolute Gasteiger partial charge is 0.274 e. The van der Waals surface area contributed by atoms with Crippen LogP contribution >= 0.6 is 0 Å². The summed E-state index contributed by atoms with van der Waals surface area (Å²) in [6.45, 7) is 3.89. The van der Waals surface area contributed by atoms with Gasteiger partial charge in [0.1, 0.15) is 11.5 Å². The molecular weight excluding hydrogens is 423 g/mol. The van der Waals surface area contributed by atoms with Crippen LogP contribution in [0.4, 0.5) is 10.1 Å². The number of aromatic nitrogens is 3. The molecule has 33 heavy (non-hydrogen) atoms. The molecule has 0 fully saturated rings. The van der Waals surface area contributed by atoms with Crippen LogP contribution in [0.1, 0.15) is 43.4 Å². The first-order valence-electron chi connectivity index (χ1n) is 10.0. The Balaban J connectivity index is 1.68. The quantitative estimate of drug-likeness (QED) is 0.489. The van der Waals surface area contributed by atoms with Crippen molar-refractivity contribution >= 4 is 28.4 Å². The highest BCUT2D eigenvalue weighted by atomic mass is 19.1. The lowest BCUT2D eigenvalue weighted by Crippen LogP contribution is -2.18. The molecule has 0 spiro atoms.